The Morgan fingerprint density at radius 3 is 2.21 bits per heavy atom. The lowest BCUT2D eigenvalue weighted by molar-refractivity contribution is 0.0741. The fourth-order valence-corrected chi connectivity index (χ4v) is 5.48. The number of carbonyl (C=O) groups excluding carboxylic acids is 2. The van der Waals surface area contributed by atoms with E-state index in [9.17, 15) is 26.8 Å². The minimum atomic E-state index is -4.17. The van der Waals surface area contributed by atoms with Gasteiger partial charge in [0.15, 0.2) is 5.82 Å². The molecule has 1 aliphatic heterocycles. The van der Waals surface area contributed by atoms with Crippen LogP contribution in [0.5, 0.6) is 0 Å². The normalized spacial score (nSPS) is 13.8. The number of rotatable bonds is 7. The summed E-state index contributed by atoms with van der Waals surface area (Å²) in [6.45, 7) is 10.7. The third-order valence-corrected chi connectivity index (χ3v) is 8.12. The Morgan fingerprint density at radius 2 is 1.60 bits per heavy atom. The number of aryl methyl sites for hydroxylation is 2. The lowest BCUT2D eigenvalue weighted by Gasteiger charge is -2.35. The van der Waals surface area contributed by atoms with E-state index >= 15 is 0 Å². The van der Waals surface area contributed by atoms with E-state index in [4.69, 9.17) is 4.28 Å². The maximum absolute atomic E-state index is 14.2. The van der Waals surface area contributed by atoms with Gasteiger partial charge in [-0.1, -0.05) is 38.5 Å². The monoisotopic (exact) mass is 681 g/mol. The van der Waals surface area contributed by atoms with Gasteiger partial charge in [-0.05, 0) is 56.3 Å². The zero-order chi connectivity index (χ0) is 35.0. The summed E-state index contributed by atoms with van der Waals surface area (Å²) < 4.78 is 59.2. The van der Waals surface area contributed by atoms with Crippen molar-refractivity contribution in [3.8, 4) is 5.69 Å². The van der Waals surface area contributed by atoms with Crippen molar-refractivity contribution in [2.75, 3.05) is 47.7 Å². The van der Waals surface area contributed by atoms with Gasteiger partial charge < -0.3 is 15.1 Å². The summed E-state index contributed by atoms with van der Waals surface area (Å²) in [6, 6.07) is 14.2. The molecular formula is C33H37F2N7O5S. The molecule has 48 heavy (non-hydrogen) atoms. The second kappa shape index (κ2) is 13.3. The van der Waals surface area contributed by atoms with Crippen LogP contribution in [0.1, 0.15) is 48.1 Å². The van der Waals surface area contributed by atoms with E-state index < -0.39 is 39.1 Å². The Hall–Kier alpha value is -4.89. The van der Waals surface area contributed by atoms with Crippen LogP contribution in [0, 0.1) is 25.5 Å². The topological polar surface area (TPSA) is 130 Å². The lowest BCUT2D eigenvalue weighted by atomic mass is 9.92. The van der Waals surface area contributed by atoms with Crippen LogP contribution in [0.4, 0.5) is 30.9 Å². The summed E-state index contributed by atoms with van der Waals surface area (Å²) in [5.41, 5.74) is 2.17. The molecule has 5 rings (SSSR count). The quantitative estimate of drug-likeness (QED) is 0.259. The van der Waals surface area contributed by atoms with E-state index in [2.05, 4.69) is 15.4 Å². The second-order valence-corrected chi connectivity index (χ2v) is 14.2. The minimum Gasteiger partial charge on any atom is -0.353 e. The molecule has 0 radical (unpaired) electrons. The van der Waals surface area contributed by atoms with Gasteiger partial charge in [0, 0.05) is 37.7 Å². The highest BCUT2D eigenvalue weighted by Gasteiger charge is 2.31. The smallest absolute Gasteiger partial charge is 0.353 e. The molecule has 1 fully saturated rings. The molecule has 3 amide bonds. The third-order valence-electron chi connectivity index (χ3n) is 7.70. The van der Waals surface area contributed by atoms with Crippen molar-refractivity contribution in [1.82, 2.24) is 19.7 Å². The van der Waals surface area contributed by atoms with E-state index in [0.717, 1.165) is 30.0 Å². The molecule has 1 aliphatic rings. The largest absolute Gasteiger partial charge is 0.353 e. The first-order valence-corrected chi connectivity index (χ1v) is 17.0. The van der Waals surface area contributed by atoms with Gasteiger partial charge in [-0.15, -0.1) is 9.35 Å². The molecule has 0 saturated carbocycles. The number of nitrogens with one attached hydrogen (secondary N) is 1. The number of amides is 3. The van der Waals surface area contributed by atoms with Gasteiger partial charge in [0.05, 0.1) is 34.6 Å². The molecule has 15 heteroatoms. The standard InChI is InChI=1S/C33H37F2N7O5S/c1-21-7-10-24(11-8-21)41-30(20-28(38-41)33(3,4)5)42(47-48(6,45)46)32(44)37-27-13-14-29(36-22(27)2)39-15-17-40(18-16-39)31(43)25-19-23(34)9-12-26(25)35/h7-14,19-20H,15-18H2,1-6H3,(H,37,44). The van der Waals surface area contributed by atoms with Gasteiger partial charge in [0.25, 0.3) is 16.0 Å². The maximum atomic E-state index is 14.2. The summed E-state index contributed by atoms with van der Waals surface area (Å²) in [6.07, 6.45) is 0.841. The molecule has 0 aliphatic carbocycles. The average Bonchev–Trinajstić information content (AvgIpc) is 3.48. The molecule has 4 aromatic rings. The Morgan fingerprint density at radius 1 is 0.938 bits per heavy atom. The highest BCUT2D eigenvalue weighted by atomic mass is 32.2. The van der Waals surface area contributed by atoms with Gasteiger partial charge in [0.2, 0.25) is 0 Å². The summed E-state index contributed by atoms with van der Waals surface area (Å²) >= 11 is 0. The number of anilines is 3. The molecule has 2 aromatic carbocycles. The lowest BCUT2D eigenvalue weighted by Crippen LogP contribution is -2.49. The van der Waals surface area contributed by atoms with E-state index in [1.54, 1.807) is 37.3 Å². The summed E-state index contributed by atoms with van der Waals surface area (Å²) in [5.74, 6) is -1.42. The van der Waals surface area contributed by atoms with Gasteiger partial charge in [-0.3, -0.25) is 4.79 Å². The van der Waals surface area contributed by atoms with E-state index in [0.29, 0.717) is 46.7 Å². The number of nitrogens with zero attached hydrogens (tertiary/aromatic N) is 6. The molecule has 0 spiro atoms. The van der Waals surface area contributed by atoms with Crippen molar-refractivity contribution in [2.24, 2.45) is 0 Å². The van der Waals surface area contributed by atoms with Crippen molar-refractivity contribution in [1.29, 1.82) is 0 Å². The Balaban J connectivity index is 1.36. The summed E-state index contributed by atoms with van der Waals surface area (Å²) in [7, 11) is -4.17. The summed E-state index contributed by atoms with van der Waals surface area (Å²) in [5, 5.41) is 8.05. The van der Waals surface area contributed by atoms with Crippen LogP contribution in [0.3, 0.4) is 0 Å². The number of benzene rings is 2. The molecule has 0 atom stereocenters. The Bertz CT molecular complexity index is 1950. The number of hydroxylamine groups is 1. The molecule has 254 valence electrons. The first kappa shape index (κ1) is 34.4. The highest BCUT2D eigenvalue weighted by Crippen LogP contribution is 2.30. The van der Waals surface area contributed by atoms with Crippen molar-refractivity contribution in [3.63, 3.8) is 0 Å². The predicted octanol–water partition coefficient (Wildman–Crippen LogP) is 5.35. The van der Waals surface area contributed by atoms with Crippen LogP contribution >= 0.6 is 0 Å². The molecule has 0 bridgehead atoms. The second-order valence-electron chi connectivity index (χ2n) is 12.6. The van der Waals surface area contributed by atoms with Crippen LogP contribution in [0.15, 0.2) is 60.7 Å². The molecule has 1 saturated heterocycles. The zero-order valence-corrected chi connectivity index (χ0v) is 28.3. The first-order chi connectivity index (χ1) is 22.5. The number of piperazine rings is 1. The van der Waals surface area contributed by atoms with E-state index in [1.807, 2.05) is 44.7 Å². The van der Waals surface area contributed by atoms with Crippen molar-refractivity contribution < 1.29 is 31.1 Å². The van der Waals surface area contributed by atoms with Gasteiger partial charge >= 0.3 is 6.03 Å². The third kappa shape index (κ3) is 7.80. The van der Waals surface area contributed by atoms with Crippen LogP contribution < -0.4 is 15.3 Å². The molecule has 1 N–H and O–H groups in total. The number of hydrogen-bond acceptors (Lipinski definition) is 8. The SMILES string of the molecule is Cc1ccc(-n2nc(C(C)(C)C)cc2N(OS(C)(=O)=O)C(=O)Nc2ccc(N3CCN(C(=O)c4cc(F)ccc4F)CC3)nc2C)cc1. The number of carbonyl (C=O) groups is 2. The van der Waals surface area contributed by atoms with Crippen LogP contribution in [0.25, 0.3) is 5.69 Å². The predicted molar refractivity (Wildman–Crippen MR) is 178 cm³/mol. The minimum absolute atomic E-state index is 0.0690. The van der Waals surface area contributed by atoms with Gasteiger partial charge in [0.1, 0.15) is 17.5 Å². The van der Waals surface area contributed by atoms with Crippen LogP contribution in [-0.4, -0.2) is 72.5 Å². The molecule has 3 heterocycles. The highest BCUT2D eigenvalue weighted by molar-refractivity contribution is 7.86. The number of pyridine rings is 1. The molecule has 12 nitrogen and oxygen atoms in total. The molecule has 0 unspecified atom stereocenters. The maximum Gasteiger partial charge on any atom is 0.353 e. The number of aromatic nitrogens is 3. The molecular weight excluding hydrogens is 644 g/mol. The summed E-state index contributed by atoms with van der Waals surface area (Å²) in [4.78, 5) is 34.6. The van der Waals surface area contributed by atoms with Crippen molar-refractivity contribution in [2.45, 2.75) is 40.0 Å². The number of hydrogen-bond donors (Lipinski definition) is 1. The van der Waals surface area contributed by atoms with Crippen LogP contribution in [0.2, 0.25) is 0 Å². The Kier molecular flexibility index (Phi) is 9.55. The van der Waals surface area contributed by atoms with E-state index in [1.165, 1.54) is 9.58 Å². The first-order valence-electron chi connectivity index (χ1n) is 15.2. The zero-order valence-electron chi connectivity index (χ0n) is 27.5. The van der Waals surface area contributed by atoms with Crippen molar-refractivity contribution >= 4 is 39.4 Å². The fraction of sp³-hybridized carbons (Fsp3) is 0.333. The van der Waals surface area contributed by atoms with Crippen LogP contribution in [-0.2, 0) is 19.8 Å². The Labute approximate surface area is 278 Å². The van der Waals surface area contributed by atoms with Gasteiger partial charge in [-0.2, -0.15) is 13.5 Å². The fourth-order valence-electron chi connectivity index (χ4n) is 5.06. The van der Waals surface area contributed by atoms with Crippen molar-refractivity contribution in [3.05, 3.63) is 94.8 Å². The van der Waals surface area contributed by atoms with Gasteiger partial charge in [-0.25, -0.2) is 23.2 Å². The number of urea groups is 1. The average molecular weight is 682 g/mol. The number of halogens is 2. The van der Waals surface area contributed by atoms with E-state index in [-0.39, 0.29) is 24.5 Å². The molecule has 2 aromatic heterocycles.